The van der Waals surface area contributed by atoms with Gasteiger partial charge in [0.25, 0.3) is 0 Å². The van der Waals surface area contributed by atoms with E-state index in [1.54, 1.807) is 7.11 Å². The second-order valence-electron chi connectivity index (χ2n) is 7.62. The molecule has 148 valence electrons. The highest BCUT2D eigenvalue weighted by Gasteiger charge is 2.24. The van der Waals surface area contributed by atoms with Crippen molar-refractivity contribution in [2.75, 3.05) is 20.2 Å². The summed E-state index contributed by atoms with van der Waals surface area (Å²) in [5, 5.41) is 6.68. The van der Waals surface area contributed by atoms with E-state index in [1.807, 2.05) is 18.5 Å². The number of hydrogen-bond donors (Lipinski definition) is 2. The van der Waals surface area contributed by atoms with Gasteiger partial charge in [-0.15, -0.1) is 0 Å². The van der Waals surface area contributed by atoms with Crippen LogP contribution in [0.5, 0.6) is 0 Å². The van der Waals surface area contributed by atoms with Gasteiger partial charge in [-0.2, -0.15) is 0 Å². The summed E-state index contributed by atoms with van der Waals surface area (Å²) in [6.07, 6.45) is 3.93. The Morgan fingerprint density at radius 2 is 1.96 bits per heavy atom. The summed E-state index contributed by atoms with van der Waals surface area (Å²) >= 11 is 0. The molecule has 0 bridgehead atoms. The van der Waals surface area contributed by atoms with Crippen LogP contribution in [-0.2, 0) is 17.8 Å². The zero-order valence-corrected chi connectivity index (χ0v) is 17.2. The fourth-order valence-corrected chi connectivity index (χ4v) is 2.84. The minimum absolute atomic E-state index is 0.0605. The number of nitrogens with zero attached hydrogens (tertiary/aromatic N) is 3. The van der Waals surface area contributed by atoms with Crippen LogP contribution in [0.2, 0.25) is 0 Å². The van der Waals surface area contributed by atoms with Gasteiger partial charge in [0.05, 0.1) is 6.10 Å². The van der Waals surface area contributed by atoms with Crippen LogP contribution in [0.3, 0.4) is 0 Å². The number of guanidine groups is 1. The summed E-state index contributed by atoms with van der Waals surface area (Å²) in [4.78, 5) is 9.17. The highest BCUT2D eigenvalue weighted by atomic mass is 16.5. The molecule has 0 aliphatic heterocycles. The molecule has 0 amide bonds. The molecule has 0 saturated heterocycles. The van der Waals surface area contributed by atoms with Gasteiger partial charge in [-0.1, -0.05) is 51.1 Å². The minimum atomic E-state index is 0.0605. The van der Waals surface area contributed by atoms with E-state index in [4.69, 9.17) is 9.73 Å². The molecule has 0 saturated carbocycles. The van der Waals surface area contributed by atoms with Gasteiger partial charge in [0.15, 0.2) is 5.96 Å². The lowest BCUT2D eigenvalue weighted by atomic mass is 9.89. The first-order valence-corrected chi connectivity index (χ1v) is 9.53. The van der Waals surface area contributed by atoms with Crippen molar-refractivity contribution in [2.45, 2.75) is 46.9 Å². The molecule has 0 aliphatic rings. The van der Waals surface area contributed by atoms with E-state index in [0.29, 0.717) is 13.1 Å². The molecular weight excluding hydrogens is 338 g/mol. The van der Waals surface area contributed by atoms with Crippen molar-refractivity contribution in [2.24, 2.45) is 10.4 Å². The number of rotatable bonds is 8. The van der Waals surface area contributed by atoms with Gasteiger partial charge in [-0.05, 0) is 17.9 Å². The molecule has 0 radical (unpaired) electrons. The Kier molecular flexibility index (Phi) is 7.85. The lowest BCUT2D eigenvalue weighted by Gasteiger charge is -2.30. The SMILES string of the molecule is CCNC(=NCc1nccn1Cc1ccccc1)NCC(OC)C(C)(C)C. The van der Waals surface area contributed by atoms with Crippen molar-refractivity contribution in [1.82, 2.24) is 20.2 Å². The summed E-state index contributed by atoms with van der Waals surface area (Å²) in [6, 6.07) is 10.4. The largest absolute Gasteiger partial charge is 0.379 e. The lowest BCUT2D eigenvalue weighted by molar-refractivity contribution is 0.0205. The Hall–Kier alpha value is -2.34. The number of aliphatic imine (C=N–C) groups is 1. The van der Waals surface area contributed by atoms with Gasteiger partial charge < -0.3 is 19.9 Å². The van der Waals surface area contributed by atoms with Crippen molar-refractivity contribution in [3.8, 4) is 0 Å². The monoisotopic (exact) mass is 371 g/mol. The molecular formula is C21H33N5O. The smallest absolute Gasteiger partial charge is 0.191 e. The van der Waals surface area contributed by atoms with Crippen LogP contribution in [0.25, 0.3) is 0 Å². The van der Waals surface area contributed by atoms with Crippen LogP contribution in [0.15, 0.2) is 47.7 Å². The maximum atomic E-state index is 5.62. The highest BCUT2D eigenvalue weighted by Crippen LogP contribution is 2.20. The second kappa shape index (κ2) is 10.1. The maximum Gasteiger partial charge on any atom is 0.191 e. The minimum Gasteiger partial charge on any atom is -0.379 e. The fraction of sp³-hybridized carbons (Fsp3) is 0.524. The average Bonchev–Trinajstić information content (AvgIpc) is 3.07. The summed E-state index contributed by atoms with van der Waals surface area (Å²) in [7, 11) is 1.75. The van der Waals surface area contributed by atoms with Crippen LogP contribution in [0, 0.1) is 5.41 Å². The summed E-state index contributed by atoms with van der Waals surface area (Å²) in [6.45, 7) is 11.4. The van der Waals surface area contributed by atoms with Gasteiger partial charge >= 0.3 is 0 Å². The first-order valence-electron chi connectivity index (χ1n) is 9.53. The molecule has 27 heavy (non-hydrogen) atoms. The Balaban J connectivity index is 2.01. The number of aromatic nitrogens is 2. The number of methoxy groups -OCH3 is 1. The van der Waals surface area contributed by atoms with E-state index in [0.717, 1.165) is 24.9 Å². The fourth-order valence-electron chi connectivity index (χ4n) is 2.84. The number of benzene rings is 1. The third kappa shape index (κ3) is 6.71. The Bertz CT molecular complexity index is 703. The van der Waals surface area contributed by atoms with Gasteiger partial charge in [0.2, 0.25) is 0 Å². The number of ether oxygens (including phenoxy) is 1. The number of imidazole rings is 1. The van der Waals surface area contributed by atoms with E-state index < -0.39 is 0 Å². The van der Waals surface area contributed by atoms with Crippen molar-refractivity contribution in [1.29, 1.82) is 0 Å². The zero-order valence-electron chi connectivity index (χ0n) is 17.2. The maximum absolute atomic E-state index is 5.62. The van der Waals surface area contributed by atoms with Gasteiger partial charge in [-0.25, -0.2) is 9.98 Å². The van der Waals surface area contributed by atoms with Crippen LogP contribution >= 0.6 is 0 Å². The molecule has 6 heteroatoms. The first kappa shape index (κ1) is 21.0. The molecule has 1 aromatic carbocycles. The standard InChI is InChI=1S/C21H33N5O/c1-6-22-20(24-14-18(27-5)21(2,3)4)25-15-19-23-12-13-26(19)16-17-10-8-7-9-11-17/h7-13,18H,6,14-16H2,1-5H3,(H2,22,24,25). The van der Waals surface area contributed by atoms with Crippen LogP contribution in [0.4, 0.5) is 0 Å². The third-order valence-corrected chi connectivity index (χ3v) is 4.43. The predicted octanol–water partition coefficient (Wildman–Crippen LogP) is 3.05. The molecule has 1 heterocycles. The Morgan fingerprint density at radius 1 is 1.22 bits per heavy atom. The van der Waals surface area contributed by atoms with E-state index in [2.05, 4.69) is 72.1 Å². The molecule has 1 unspecified atom stereocenters. The van der Waals surface area contributed by atoms with E-state index in [-0.39, 0.29) is 11.5 Å². The normalized spacial score (nSPS) is 13.4. The second-order valence-corrected chi connectivity index (χ2v) is 7.62. The Morgan fingerprint density at radius 3 is 2.59 bits per heavy atom. The van der Waals surface area contributed by atoms with Crippen molar-refractivity contribution >= 4 is 5.96 Å². The molecule has 6 nitrogen and oxygen atoms in total. The molecule has 1 atom stereocenters. The lowest BCUT2D eigenvalue weighted by Crippen LogP contribution is -2.45. The number of nitrogens with one attached hydrogen (secondary N) is 2. The van der Waals surface area contributed by atoms with Crippen molar-refractivity contribution < 1.29 is 4.74 Å². The molecule has 0 spiro atoms. The summed E-state index contributed by atoms with van der Waals surface area (Å²) in [5.41, 5.74) is 1.31. The topological polar surface area (TPSA) is 63.5 Å². The Labute approximate surface area is 163 Å². The van der Waals surface area contributed by atoms with Gasteiger partial charge in [-0.3, -0.25) is 0 Å². The zero-order chi connectivity index (χ0) is 19.7. The summed E-state index contributed by atoms with van der Waals surface area (Å²) < 4.78 is 7.75. The van der Waals surface area contributed by atoms with E-state index in [9.17, 15) is 0 Å². The highest BCUT2D eigenvalue weighted by molar-refractivity contribution is 5.79. The van der Waals surface area contributed by atoms with E-state index in [1.165, 1.54) is 5.56 Å². The van der Waals surface area contributed by atoms with Crippen molar-refractivity contribution in [3.05, 3.63) is 54.1 Å². The average molecular weight is 372 g/mol. The van der Waals surface area contributed by atoms with Crippen LogP contribution in [0.1, 0.15) is 39.1 Å². The third-order valence-electron chi connectivity index (χ3n) is 4.43. The van der Waals surface area contributed by atoms with Crippen molar-refractivity contribution in [3.63, 3.8) is 0 Å². The molecule has 1 aromatic heterocycles. The number of hydrogen-bond acceptors (Lipinski definition) is 3. The van der Waals surface area contributed by atoms with Gasteiger partial charge in [0, 0.05) is 39.1 Å². The van der Waals surface area contributed by atoms with Crippen LogP contribution < -0.4 is 10.6 Å². The quantitative estimate of drug-likeness (QED) is 0.553. The van der Waals surface area contributed by atoms with Gasteiger partial charge in [0.1, 0.15) is 12.4 Å². The molecule has 2 aromatic rings. The first-order chi connectivity index (χ1) is 12.9. The molecule has 0 aliphatic carbocycles. The summed E-state index contributed by atoms with van der Waals surface area (Å²) in [5.74, 6) is 1.72. The van der Waals surface area contributed by atoms with E-state index >= 15 is 0 Å². The molecule has 0 fully saturated rings. The molecule has 2 N–H and O–H groups in total. The van der Waals surface area contributed by atoms with Crippen LogP contribution in [-0.4, -0.2) is 41.8 Å². The predicted molar refractivity (Wildman–Crippen MR) is 111 cm³/mol. The molecule has 2 rings (SSSR count).